The van der Waals surface area contributed by atoms with Crippen LogP contribution in [0.3, 0.4) is 0 Å². The largest absolute Gasteiger partial charge is 0.444 e. The Morgan fingerprint density at radius 1 is 1.14 bits per heavy atom. The van der Waals surface area contributed by atoms with Gasteiger partial charge in [-0.2, -0.15) is 0 Å². The van der Waals surface area contributed by atoms with Crippen molar-refractivity contribution in [2.24, 2.45) is 10.7 Å². The van der Waals surface area contributed by atoms with Crippen LogP contribution in [-0.4, -0.2) is 45.6 Å². The van der Waals surface area contributed by atoms with Crippen LogP contribution >= 0.6 is 11.6 Å². The lowest BCUT2D eigenvalue weighted by molar-refractivity contribution is 0.0491. The van der Waals surface area contributed by atoms with Gasteiger partial charge in [0.15, 0.2) is 28.4 Å². The number of carbonyl (C=O) groups excluding carboxylic acids is 2. The Morgan fingerprint density at radius 2 is 1.76 bits per heavy atom. The Labute approximate surface area is 173 Å². The van der Waals surface area contributed by atoms with Crippen LogP contribution in [0.5, 0.6) is 0 Å². The third kappa shape index (κ3) is 6.93. The Hall–Kier alpha value is -2.82. The van der Waals surface area contributed by atoms with Gasteiger partial charge in [-0.25, -0.2) is 19.8 Å². The third-order valence-electron chi connectivity index (χ3n) is 4.10. The summed E-state index contributed by atoms with van der Waals surface area (Å²) in [7, 11) is 0. The van der Waals surface area contributed by atoms with Crippen molar-refractivity contribution in [3.63, 3.8) is 0 Å². The van der Waals surface area contributed by atoms with Crippen LogP contribution in [0, 0.1) is 0 Å². The molecule has 0 unspecified atom stereocenters. The normalized spacial score (nSPS) is 20.1. The second-order valence-electron chi connectivity index (χ2n) is 7.75. The van der Waals surface area contributed by atoms with Gasteiger partial charge in [0, 0.05) is 6.04 Å². The highest BCUT2D eigenvalue weighted by Gasteiger charge is 2.25. The molecule has 1 aliphatic carbocycles. The number of aliphatic imine (C=N–C) groups is 1. The molecular weight excluding hydrogens is 400 g/mol. The van der Waals surface area contributed by atoms with E-state index in [1.165, 1.54) is 0 Å². The molecule has 0 spiro atoms. The number of carbonyl (C=O) groups is 2. The van der Waals surface area contributed by atoms with Gasteiger partial charge in [-0.15, -0.1) is 0 Å². The summed E-state index contributed by atoms with van der Waals surface area (Å²) in [5.41, 5.74) is 16.2. The van der Waals surface area contributed by atoms with E-state index in [0.717, 1.165) is 12.8 Å². The summed E-state index contributed by atoms with van der Waals surface area (Å²) in [6.07, 6.45) is 2.41. The van der Waals surface area contributed by atoms with Crippen LogP contribution in [0.25, 0.3) is 0 Å². The molecule has 0 aromatic carbocycles. The van der Waals surface area contributed by atoms with E-state index in [0.29, 0.717) is 12.8 Å². The summed E-state index contributed by atoms with van der Waals surface area (Å²) in [6.45, 7) is 5.44. The van der Waals surface area contributed by atoms with Crippen molar-refractivity contribution in [1.29, 1.82) is 0 Å². The second kappa shape index (κ2) is 9.12. The van der Waals surface area contributed by atoms with Crippen molar-refractivity contribution in [3.8, 4) is 0 Å². The number of nitrogens with one attached hydrogen (secondary N) is 2. The first-order chi connectivity index (χ1) is 13.4. The molecule has 1 aliphatic rings. The molecule has 1 saturated carbocycles. The zero-order valence-electron chi connectivity index (χ0n) is 16.7. The van der Waals surface area contributed by atoms with E-state index >= 15 is 0 Å². The highest BCUT2D eigenvalue weighted by molar-refractivity contribution is 6.31. The molecule has 1 aromatic heterocycles. The van der Waals surface area contributed by atoms with Crippen LogP contribution in [-0.2, 0) is 4.74 Å². The number of alkyl carbamates (subject to hydrolysis) is 1. The lowest BCUT2D eigenvalue weighted by Gasteiger charge is -2.28. The number of nitrogen functional groups attached to an aromatic ring is 2. The third-order valence-corrected chi connectivity index (χ3v) is 4.38. The number of rotatable bonds is 3. The van der Waals surface area contributed by atoms with Crippen LogP contribution in [0.1, 0.15) is 56.9 Å². The molecule has 160 valence electrons. The van der Waals surface area contributed by atoms with E-state index in [1.807, 2.05) is 20.8 Å². The average Bonchev–Trinajstić information content (AvgIpc) is 2.58. The number of hydrogen-bond acceptors (Lipinski definition) is 8. The van der Waals surface area contributed by atoms with Crippen LogP contribution in [0.15, 0.2) is 4.99 Å². The monoisotopic (exact) mass is 426 g/mol. The molecule has 0 bridgehead atoms. The molecule has 0 saturated heterocycles. The predicted molar refractivity (Wildman–Crippen MR) is 110 cm³/mol. The Kier molecular flexibility index (Phi) is 7.07. The Morgan fingerprint density at radius 3 is 2.34 bits per heavy atom. The molecular formula is C17H27ClN8O3. The number of nitrogens with zero attached hydrogens (tertiary/aromatic N) is 3. The fourth-order valence-corrected chi connectivity index (χ4v) is 2.96. The first-order valence-corrected chi connectivity index (χ1v) is 9.55. The maximum atomic E-state index is 12.3. The summed E-state index contributed by atoms with van der Waals surface area (Å²) in [4.78, 5) is 36.0. The molecule has 0 radical (unpaired) electrons. The maximum absolute atomic E-state index is 12.3. The van der Waals surface area contributed by atoms with Crippen molar-refractivity contribution >= 4 is 41.2 Å². The van der Waals surface area contributed by atoms with E-state index in [1.54, 1.807) is 0 Å². The minimum Gasteiger partial charge on any atom is -0.444 e. The van der Waals surface area contributed by atoms with Gasteiger partial charge in [0.05, 0.1) is 6.04 Å². The number of nitrogens with two attached hydrogens (primary N) is 3. The number of hydrogen-bond donors (Lipinski definition) is 5. The summed E-state index contributed by atoms with van der Waals surface area (Å²) in [5.74, 6) is -0.976. The van der Waals surface area contributed by atoms with E-state index in [9.17, 15) is 9.59 Å². The first kappa shape index (κ1) is 22.5. The molecule has 0 aliphatic heterocycles. The minimum absolute atomic E-state index is 0.0131. The van der Waals surface area contributed by atoms with Crippen LogP contribution in [0.2, 0.25) is 5.15 Å². The van der Waals surface area contributed by atoms with Crippen molar-refractivity contribution < 1.29 is 14.3 Å². The van der Waals surface area contributed by atoms with Gasteiger partial charge < -0.3 is 27.3 Å². The average molecular weight is 427 g/mol. The van der Waals surface area contributed by atoms with E-state index in [2.05, 4.69) is 25.6 Å². The molecule has 1 aromatic rings. The number of anilines is 2. The molecule has 2 rings (SSSR count). The zero-order chi connectivity index (χ0) is 21.8. The number of ether oxygens (including phenoxy) is 1. The number of aromatic nitrogens is 2. The molecule has 29 heavy (non-hydrogen) atoms. The smallest absolute Gasteiger partial charge is 0.407 e. The Balaban J connectivity index is 1.86. The topological polar surface area (TPSA) is 184 Å². The van der Waals surface area contributed by atoms with Gasteiger partial charge in [0.2, 0.25) is 0 Å². The van der Waals surface area contributed by atoms with E-state index < -0.39 is 17.6 Å². The summed E-state index contributed by atoms with van der Waals surface area (Å²) < 4.78 is 5.26. The van der Waals surface area contributed by atoms with Gasteiger partial charge >= 0.3 is 6.09 Å². The molecule has 8 N–H and O–H groups in total. The molecule has 1 fully saturated rings. The highest BCUT2D eigenvalue weighted by atomic mass is 35.5. The number of halogens is 1. The predicted octanol–water partition coefficient (Wildman–Crippen LogP) is 1.17. The lowest BCUT2D eigenvalue weighted by atomic mass is 9.92. The standard InChI is InChI=1S/C17H27ClN8O3/c1-17(2,3)29-16(28)23-9-6-4-8(5-7-9)22-15(21)26-14(27)10-12(19)25-13(20)11(18)24-10/h8-9H,4-7H2,1-3H3,(H,23,28)(H4,19,20,25)(H3,21,22,26,27). The summed E-state index contributed by atoms with van der Waals surface area (Å²) in [6, 6.07) is -0.0652. The van der Waals surface area contributed by atoms with Gasteiger partial charge in [0.25, 0.3) is 5.91 Å². The highest BCUT2D eigenvalue weighted by Crippen LogP contribution is 2.22. The zero-order valence-corrected chi connectivity index (χ0v) is 17.4. The lowest BCUT2D eigenvalue weighted by Crippen LogP contribution is -2.42. The van der Waals surface area contributed by atoms with E-state index in [4.69, 9.17) is 33.5 Å². The molecule has 2 amide bonds. The fraction of sp³-hybridized carbons (Fsp3) is 0.588. The van der Waals surface area contributed by atoms with Crippen molar-refractivity contribution in [3.05, 3.63) is 10.8 Å². The van der Waals surface area contributed by atoms with Gasteiger partial charge in [-0.05, 0) is 46.5 Å². The maximum Gasteiger partial charge on any atom is 0.407 e. The number of guanidine groups is 1. The minimum atomic E-state index is -0.682. The van der Waals surface area contributed by atoms with Crippen LogP contribution in [0.4, 0.5) is 16.4 Å². The van der Waals surface area contributed by atoms with Crippen LogP contribution < -0.4 is 27.8 Å². The van der Waals surface area contributed by atoms with Crippen molar-refractivity contribution in [1.82, 2.24) is 20.6 Å². The van der Waals surface area contributed by atoms with E-state index in [-0.39, 0.29) is 40.5 Å². The SMILES string of the molecule is CC(C)(C)OC(=O)NC1CCC(N=C(N)NC(=O)c2nc(Cl)c(N)nc2N)CC1. The molecule has 12 heteroatoms. The van der Waals surface area contributed by atoms with Gasteiger partial charge in [-0.1, -0.05) is 11.6 Å². The molecule has 0 atom stereocenters. The quantitative estimate of drug-likeness (QED) is 0.352. The summed E-state index contributed by atoms with van der Waals surface area (Å²) in [5, 5.41) is 5.14. The van der Waals surface area contributed by atoms with Gasteiger partial charge in [-0.3, -0.25) is 10.1 Å². The van der Waals surface area contributed by atoms with Crippen molar-refractivity contribution in [2.45, 2.75) is 64.1 Å². The van der Waals surface area contributed by atoms with Gasteiger partial charge in [0.1, 0.15) is 5.60 Å². The molecule has 11 nitrogen and oxygen atoms in total. The number of amides is 2. The molecule has 1 heterocycles. The first-order valence-electron chi connectivity index (χ1n) is 9.17. The van der Waals surface area contributed by atoms with Crippen molar-refractivity contribution in [2.75, 3.05) is 11.5 Å². The second-order valence-corrected chi connectivity index (χ2v) is 8.11. The Bertz CT molecular complexity index is 801. The fourth-order valence-electron chi connectivity index (χ4n) is 2.84. The summed E-state index contributed by atoms with van der Waals surface area (Å²) >= 11 is 5.77.